The van der Waals surface area contributed by atoms with Gasteiger partial charge in [-0.2, -0.15) is 5.21 Å². The molecular formula is C8H14ClN5O. The first-order chi connectivity index (χ1) is 7.24. The topological polar surface area (TPSA) is 83.6 Å². The third kappa shape index (κ3) is 4.24. The standard InChI is InChI=1S/C8H14ClN5O/c1-6(8-11-13-14-12-8)10-7(15)4-2-3-5-9/h6H,2-5H2,1H3,(H,10,15)(H,11,12,13,14). The van der Waals surface area contributed by atoms with E-state index in [0.717, 1.165) is 12.8 Å². The largest absolute Gasteiger partial charge is 0.346 e. The summed E-state index contributed by atoms with van der Waals surface area (Å²) in [5, 5.41) is 16.1. The van der Waals surface area contributed by atoms with Crippen LogP contribution in [0.15, 0.2) is 0 Å². The van der Waals surface area contributed by atoms with Crippen LogP contribution >= 0.6 is 11.6 Å². The number of hydrogen-bond acceptors (Lipinski definition) is 4. The van der Waals surface area contributed by atoms with Crippen LogP contribution in [0.1, 0.15) is 38.1 Å². The summed E-state index contributed by atoms with van der Waals surface area (Å²) in [7, 11) is 0. The number of aromatic amines is 1. The van der Waals surface area contributed by atoms with E-state index in [9.17, 15) is 4.79 Å². The molecule has 1 amide bonds. The molecule has 0 aliphatic heterocycles. The first-order valence-corrected chi connectivity index (χ1v) is 5.36. The van der Waals surface area contributed by atoms with Crippen LogP contribution in [-0.4, -0.2) is 32.4 Å². The summed E-state index contributed by atoms with van der Waals surface area (Å²) in [5.74, 6) is 1.06. The number of aromatic nitrogens is 4. The zero-order valence-electron chi connectivity index (χ0n) is 8.53. The lowest BCUT2D eigenvalue weighted by molar-refractivity contribution is -0.121. The van der Waals surface area contributed by atoms with Crippen LogP contribution in [0, 0.1) is 0 Å². The van der Waals surface area contributed by atoms with Crippen molar-refractivity contribution in [2.75, 3.05) is 5.88 Å². The molecule has 1 heterocycles. The van der Waals surface area contributed by atoms with Crippen molar-refractivity contribution in [2.45, 2.75) is 32.2 Å². The highest BCUT2D eigenvalue weighted by Crippen LogP contribution is 2.04. The van der Waals surface area contributed by atoms with Crippen LogP contribution < -0.4 is 5.32 Å². The maximum absolute atomic E-state index is 11.4. The van der Waals surface area contributed by atoms with Crippen molar-refractivity contribution in [1.82, 2.24) is 25.9 Å². The van der Waals surface area contributed by atoms with Gasteiger partial charge in [-0.15, -0.1) is 21.8 Å². The molecule has 0 spiro atoms. The smallest absolute Gasteiger partial charge is 0.220 e. The highest BCUT2D eigenvalue weighted by molar-refractivity contribution is 6.17. The van der Waals surface area contributed by atoms with Gasteiger partial charge in [0, 0.05) is 12.3 Å². The van der Waals surface area contributed by atoms with Gasteiger partial charge >= 0.3 is 0 Å². The van der Waals surface area contributed by atoms with Crippen molar-refractivity contribution in [3.8, 4) is 0 Å². The van der Waals surface area contributed by atoms with Crippen LogP contribution in [0.25, 0.3) is 0 Å². The Morgan fingerprint density at radius 1 is 1.60 bits per heavy atom. The molecule has 1 unspecified atom stereocenters. The second kappa shape index (κ2) is 6.34. The number of carbonyl (C=O) groups excluding carboxylic acids is 1. The molecule has 1 aromatic heterocycles. The predicted molar refractivity (Wildman–Crippen MR) is 55.3 cm³/mol. The number of H-pyrrole nitrogens is 1. The molecule has 2 N–H and O–H groups in total. The molecule has 1 atom stereocenters. The third-order valence-corrected chi connectivity index (χ3v) is 2.18. The Morgan fingerprint density at radius 2 is 2.40 bits per heavy atom. The van der Waals surface area contributed by atoms with Gasteiger partial charge < -0.3 is 5.32 Å². The fourth-order valence-corrected chi connectivity index (χ4v) is 1.30. The van der Waals surface area contributed by atoms with Crippen LogP contribution in [0.3, 0.4) is 0 Å². The summed E-state index contributed by atoms with van der Waals surface area (Å²) < 4.78 is 0. The van der Waals surface area contributed by atoms with E-state index in [4.69, 9.17) is 11.6 Å². The molecule has 0 aliphatic carbocycles. The Hall–Kier alpha value is -1.17. The van der Waals surface area contributed by atoms with Crippen LogP contribution in [-0.2, 0) is 4.79 Å². The van der Waals surface area contributed by atoms with Gasteiger partial charge in [0.05, 0.1) is 6.04 Å². The van der Waals surface area contributed by atoms with Crippen molar-refractivity contribution >= 4 is 17.5 Å². The predicted octanol–water partition coefficient (Wildman–Crippen LogP) is 0.786. The Morgan fingerprint density at radius 3 is 3.00 bits per heavy atom. The number of rotatable bonds is 6. The maximum Gasteiger partial charge on any atom is 0.220 e. The lowest BCUT2D eigenvalue weighted by Gasteiger charge is -2.09. The van der Waals surface area contributed by atoms with E-state index in [1.807, 2.05) is 6.92 Å². The normalized spacial score (nSPS) is 12.4. The first kappa shape index (κ1) is 11.9. The highest BCUT2D eigenvalue weighted by Gasteiger charge is 2.12. The molecule has 6 nitrogen and oxygen atoms in total. The average Bonchev–Trinajstić information content (AvgIpc) is 2.70. The number of hydrogen-bond donors (Lipinski definition) is 2. The van der Waals surface area contributed by atoms with E-state index in [1.54, 1.807) is 0 Å². The van der Waals surface area contributed by atoms with E-state index in [0.29, 0.717) is 18.1 Å². The minimum absolute atomic E-state index is 0.0163. The van der Waals surface area contributed by atoms with Crippen molar-refractivity contribution in [2.24, 2.45) is 0 Å². The average molecular weight is 232 g/mol. The van der Waals surface area contributed by atoms with Gasteiger partial charge in [0.25, 0.3) is 0 Å². The lowest BCUT2D eigenvalue weighted by atomic mass is 10.2. The number of unbranched alkanes of at least 4 members (excludes halogenated alkanes) is 1. The molecular weight excluding hydrogens is 218 g/mol. The summed E-state index contributed by atoms with van der Waals surface area (Å²) in [5.41, 5.74) is 0. The quantitative estimate of drug-likeness (QED) is 0.560. The first-order valence-electron chi connectivity index (χ1n) is 4.82. The number of nitrogens with one attached hydrogen (secondary N) is 2. The zero-order chi connectivity index (χ0) is 11.1. The third-order valence-electron chi connectivity index (χ3n) is 1.91. The molecule has 0 saturated carbocycles. The number of alkyl halides is 1. The Bertz CT molecular complexity index is 289. The fraction of sp³-hybridized carbons (Fsp3) is 0.750. The van der Waals surface area contributed by atoms with Gasteiger partial charge in [-0.3, -0.25) is 4.79 Å². The summed E-state index contributed by atoms with van der Waals surface area (Å²) in [6.07, 6.45) is 2.13. The van der Waals surface area contributed by atoms with Crippen molar-refractivity contribution in [3.63, 3.8) is 0 Å². The Balaban J connectivity index is 2.26. The van der Waals surface area contributed by atoms with Gasteiger partial charge in [-0.25, -0.2) is 0 Å². The van der Waals surface area contributed by atoms with E-state index in [-0.39, 0.29) is 11.9 Å². The molecule has 1 aromatic rings. The molecule has 0 aliphatic rings. The molecule has 0 bridgehead atoms. The van der Waals surface area contributed by atoms with Crippen molar-refractivity contribution in [3.05, 3.63) is 5.82 Å². The molecule has 1 rings (SSSR count). The number of amides is 1. The molecule has 84 valence electrons. The minimum Gasteiger partial charge on any atom is -0.346 e. The van der Waals surface area contributed by atoms with E-state index in [1.165, 1.54) is 0 Å². The number of tetrazole rings is 1. The van der Waals surface area contributed by atoms with Gasteiger partial charge in [0.2, 0.25) is 5.91 Å². The molecule has 7 heteroatoms. The number of carbonyl (C=O) groups is 1. The number of halogens is 1. The lowest BCUT2D eigenvalue weighted by Crippen LogP contribution is -2.27. The van der Waals surface area contributed by atoms with Gasteiger partial charge in [0.15, 0.2) is 5.82 Å². The molecule has 15 heavy (non-hydrogen) atoms. The monoisotopic (exact) mass is 231 g/mol. The SMILES string of the molecule is CC(NC(=O)CCCCCl)c1nn[nH]n1. The van der Waals surface area contributed by atoms with Crippen molar-refractivity contribution < 1.29 is 4.79 Å². The zero-order valence-corrected chi connectivity index (χ0v) is 9.29. The van der Waals surface area contributed by atoms with Gasteiger partial charge in [0.1, 0.15) is 0 Å². The molecule has 0 radical (unpaired) electrons. The van der Waals surface area contributed by atoms with Crippen LogP contribution in [0.5, 0.6) is 0 Å². The Kier molecular flexibility index (Phi) is 5.03. The van der Waals surface area contributed by atoms with E-state index in [2.05, 4.69) is 25.9 Å². The molecule has 0 saturated heterocycles. The van der Waals surface area contributed by atoms with E-state index >= 15 is 0 Å². The van der Waals surface area contributed by atoms with Crippen LogP contribution in [0.2, 0.25) is 0 Å². The van der Waals surface area contributed by atoms with Gasteiger partial charge in [-0.1, -0.05) is 5.21 Å². The number of nitrogens with zero attached hydrogens (tertiary/aromatic N) is 3. The second-order valence-electron chi connectivity index (χ2n) is 3.21. The molecule has 0 fully saturated rings. The Labute approximate surface area is 92.8 Å². The van der Waals surface area contributed by atoms with E-state index < -0.39 is 0 Å². The van der Waals surface area contributed by atoms with Gasteiger partial charge in [-0.05, 0) is 19.8 Å². The fourth-order valence-electron chi connectivity index (χ4n) is 1.11. The van der Waals surface area contributed by atoms with Crippen molar-refractivity contribution in [1.29, 1.82) is 0 Å². The second-order valence-corrected chi connectivity index (χ2v) is 3.58. The summed E-state index contributed by atoms with van der Waals surface area (Å²) in [6.45, 7) is 1.81. The minimum atomic E-state index is -0.216. The highest BCUT2D eigenvalue weighted by atomic mass is 35.5. The summed E-state index contributed by atoms with van der Waals surface area (Å²) >= 11 is 5.51. The maximum atomic E-state index is 11.4. The molecule has 0 aromatic carbocycles. The van der Waals surface area contributed by atoms with Crippen LogP contribution in [0.4, 0.5) is 0 Å². The summed E-state index contributed by atoms with van der Waals surface area (Å²) in [4.78, 5) is 11.4. The summed E-state index contributed by atoms with van der Waals surface area (Å²) in [6, 6.07) is -0.216.